The summed E-state index contributed by atoms with van der Waals surface area (Å²) in [6.45, 7) is 63.1. The van der Waals surface area contributed by atoms with Gasteiger partial charge in [-0.25, -0.2) is 11.1 Å². The molecule has 0 saturated heterocycles. The molecule has 20 rings (SSSR count). The predicted molar refractivity (Wildman–Crippen MR) is 542 cm³/mol. The number of hydrogen-bond donors (Lipinski definition) is 0. The van der Waals surface area contributed by atoms with Crippen molar-refractivity contribution < 1.29 is 1010 Å². The van der Waals surface area contributed by atoms with Crippen molar-refractivity contribution in [3.8, 4) is 11.1 Å². The van der Waals surface area contributed by atoms with Crippen LogP contribution in [-0.2, 0) is 1020 Å². The van der Waals surface area contributed by atoms with Gasteiger partial charge in [0.05, 0.1) is 0 Å². The third kappa shape index (κ3) is 88.2. The second-order valence-electron chi connectivity index (χ2n) is 26.2. The molecule has 0 N–H and O–H groups in total. The maximum Gasteiger partial charge on any atom is 0.0488 e. The van der Waals surface area contributed by atoms with Gasteiger partial charge >= 0.3 is 0 Å². The zero-order valence-corrected chi connectivity index (χ0v) is 185. The minimum absolute atomic E-state index is 0. The van der Waals surface area contributed by atoms with E-state index in [0.717, 1.165) is 40.7 Å². The van der Waals surface area contributed by atoms with Gasteiger partial charge in [0.2, 0.25) is 0 Å². The number of aromatic nitrogens is 1. The number of benzene rings is 15. The molecule has 4 fully saturated rings. The second-order valence-corrected chi connectivity index (χ2v) is 26.2. The van der Waals surface area contributed by atoms with Gasteiger partial charge < -0.3 is 4.57 Å². The Kier molecular flexibility index (Phi) is 283. The Labute approximate surface area is 1690 Å². The fraction of sp³-hybridized carbons (Fsp3) is 0.362. The van der Waals surface area contributed by atoms with E-state index in [4.69, 9.17) is 0 Å². The number of para-hydroxylation sites is 2. The summed E-state index contributed by atoms with van der Waals surface area (Å²) in [5, 5.41) is 24.0. The van der Waals surface area contributed by atoms with E-state index in [1.165, 1.54) is 130 Å². The first kappa shape index (κ1) is 253. The van der Waals surface area contributed by atoms with Crippen molar-refractivity contribution in [2.24, 2.45) is 36.6 Å². The minimum atomic E-state index is 0. The van der Waals surface area contributed by atoms with Crippen LogP contribution in [0, 0.1) is 69.4 Å². The Morgan fingerprint density at radius 3 is 0.791 bits per heavy atom. The van der Waals surface area contributed by atoms with Gasteiger partial charge in [-0.2, -0.15) is 30.3 Å². The minimum Gasteiger partial charge on any atom is -0.344 e. The molecule has 32 heteroatoms. The third-order valence-electron chi connectivity index (χ3n) is 20.2. The summed E-state index contributed by atoms with van der Waals surface area (Å²) in [6, 6.07) is 105. The van der Waals surface area contributed by atoms with Gasteiger partial charge in [0.1, 0.15) is 0 Å². The van der Waals surface area contributed by atoms with Crippen molar-refractivity contribution in [3.05, 3.63) is 313 Å². The normalized spacial score (nSPS) is 11.0. The Bertz CT molecular complexity index is 5280. The number of fused-ring (bicyclic) bond motifs is 16. The average molecular weight is 4320 g/mol. The number of aryl methyl sites for hydroxylation is 5. The van der Waals surface area contributed by atoms with Crippen LogP contribution >= 0.6 is 0 Å². The largest absolute Gasteiger partial charge is 0.344 e. The van der Waals surface area contributed by atoms with Crippen LogP contribution in [0.2, 0.25) is 0 Å². The fourth-order valence-electron chi connectivity index (χ4n) is 15.8. The van der Waals surface area contributed by atoms with Gasteiger partial charge in [0.15, 0.2) is 0 Å². The van der Waals surface area contributed by atoms with Crippen LogP contribution in [0.4, 0.5) is 0 Å². The molecule has 721 valence electrons. The smallest absolute Gasteiger partial charge is 0.0488 e. The van der Waals surface area contributed by atoms with Crippen LogP contribution < -0.4 is 0 Å². The summed E-state index contributed by atoms with van der Waals surface area (Å²) in [5.41, 5.74) is 10.1. The van der Waals surface area contributed by atoms with Crippen molar-refractivity contribution >= 4 is 108 Å². The SMILES string of the molecule is CC.CC.CC.CC.CC.CC.CC.CC.CC.CC.CC.CC.CC.CC1C2CC3CC(C2)CC1C3.Cc1cc2ccccc2c2ccccc12.Cc1cc[c-]c(-c2[c-]ccc3ccccc23)c1.Cc1ccc2c(ccc3ccccc32)c1.Cc1ccc2c3ccccc3c3ccccc3c2c1.Cn1c2ccccc2c2ccccc21.[Y].[Y].[Y].[Y].[Y].[Y].[Y].[Y].[Y].[Y].[Y].[Y].[Y].[Y].[Y].[Y].[Y].[Y].[Y].[Y].[Y].[Y].[Y].[Y].[Y].[Y].[Y].[Y].[Y].[Y].[Y]. The summed E-state index contributed by atoms with van der Waals surface area (Å²) < 4.78 is 2.24. The van der Waals surface area contributed by atoms with Gasteiger partial charge in [-0.05, 0) is 176 Å². The van der Waals surface area contributed by atoms with E-state index in [9.17, 15) is 0 Å². The van der Waals surface area contributed by atoms with Gasteiger partial charge in [0.25, 0.3) is 0 Å². The molecular formula is C116H157NY31-2. The third-order valence-corrected chi connectivity index (χ3v) is 20.2. The summed E-state index contributed by atoms with van der Waals surface area (Å²) in [6.07, 6.45) is 7.96. The Morgan fingerprint density at radius 1 is 0.196 bits per heavy atom. The van der Waals surface area contributed by atoms with Crippen molar-refractivity contribution in [3.63, 3.8) is 0 Å². The molecule has 4 saturated carbocycles. The molecule has 15 aromatic carbocycles. The number of rotatable bonds is 1. The first-order chi connectivity index (χ1) is 57.6. The van der Waals surface area contributed by atoms with Gasteiger partial charge in [0, 0.05) is 1040 Å². The van der Waals surface area contributed by atoms with Crippen LogP contribution in [0.1, 0.15) is 241 Å². The molecule has 31 radical (unpaired) electrons. The van der Waals surface area contributed by atoms with Crippen LogP contribution in [0.25, 0.3) is 119 Å². The summed E-state index contributed by atoms with van der Waals surface area (Å²) in [7, 11) is 2.12. The van der Waals surface area contributed by atoms with Crippen LogP contribution in [-0.4, -0.2) is 4.57 Å². The molecule has 0 atom stereocenters. The number of nitrogens with zero attached hydrogens (tertiary/aromatic N) is 1. The Balaban J connectivity index is -0.0000000353. The van der Waals surface area contributed by atoms with Gasteiger partial charge in [-0.1, -0.05) is 436 Å². The van der Waals surface area contributed by atoms with E-state index in [1.54, 1.807) is 32.1 Å². The summed E-state index contributed by atoms with van der Waals surface area (Å²) in [4.78, 5) is 0. The molecule has 1 heterocycles. The standard InChI is InChI=1S/C19H14.C17H12.2C15H12.C13H11N.C11H18.13C2H6.31Y/c1-13-10-11-18-16-8-3-2-6-14(16)15-7-4-5-9-17(15)19(18)12-13;1-13-6-4-9-15(12-13)17-11-5-8-14-7-2-3-10-16(14)17;1-11-10-12-6-2-3-8-14(12)15-9-5-4-7-13(11)15;1-11-6-9-15-13(10-11)8-7-12-4-2-3-5-14(12)15;1-14-12-8-4-2-6-10(12)11-7-3-5-9-13(11)14;1-7-10-3-8-2-9(5-10)6-11(7)4-8;13*1-2;;;;;;;;;;;;;;;;;;;;;;;;;;;;;;;/h2-12H,1H3;2-8,10,12H,1H3;2*2-10H,1H3;2-9H,1H3;7-11H,2-6H2,1H3;13*1-2H3;;;;;;;;;;;;;;;;;;;;;;;;;;;;;;;/q;-2;;;;;;;;;;;;;;;;;;;;;;;;;;;;;;;;;;;;;;;;;;;;;;;;. The van der Waals surface area contributed by atoms with E-state index < -0.39 is 0 Å². The Hall–Kier alpha value is 24.4. The molecule has 148 heavy (non-hydrogen) atoms. The predicted octanol–water partition coefficient (Wildman–Crippen LogP) is 38.1. The van der Waals surface area contributed by atoms with Gasteiger partial charge in [-0.3, -0.25) is 0 Å². The van der Waals surface area contributed by atoms with Gasteiger partial charge in [-0.15, -0.1) is 34.5 Å². The van der Waals surface area contributed by atoms with E-state index in [-0.39, 0.29) is 1010 Å². The molecule has 4 bridgehead atoms. The molecule has 0 aliphatic heterocycles. The Morgan fingerprint density at radius 2 is 0.432 bits per heavy atom. The maximum absolute atomic E-state index is 3.32. The molecule has 0 spiro atoms. The molecule has 0 unspecified atom stereocenters. The van der Waals surface area contributed by atoms with Crippen LogP contribution in [0.5, 0.6) is 0 Å². The molecule has 4 aliphatic rings. The van der Waals surface area contributed by atoms with Crippen LogP contribution in [0.15, 0.2) is 279 Å². The summed E-state index contributed by atoms with van der Waals surface area (Å²) in [5.74, 6) is 5.70. The molecular weight excluding hydrogens is 4160 g/mol. The quantitative estimate of drug-likeness (QED) is 0.114. The van der Waals surface area contributed by atoms with Crippen molar-refractivity contribution in [1.82, 2.24) is 4.57 Å². The van der Waals surface area contributed by atoms with Crippen molar-refractivity contribution in [1.29, 1.82) is 0 Å². The van der Waals surface area contributed by atoms with E-state index in [0.29, 0.717) is 0 Å². The molecule has 16 aromatic rings. The van der Waals surface area contributed by atoms with Crippen molar-refractivity contribution in [2.45, 2.75) is 247 Å². The number of hydrogen-bond acceptors (Lipinski definition) is 0. The first-order valence-electron chi connectivity index (χ1n) is 46.0. The van der Waals surface area contributed by atoms with E-state index in [2.05, 4.69) is 325 Å². The average Bonchev–Trinajstić information content (AvgIpc) is 1.05. The zero-order chi connectivity index (χ0) is 88.0. The molecule has 1 aromatic heterocycles. The topological polar surface area (TPSA) is 4.93 Å². The monoisotopic (exact) mass is 4320 g/mol. The molecule has 4 aliphatic carbocycles. The van der Waals surface area contributed by atoms with Crippen molar-refractivity contribution in [2.75, 3.05) is 0 Å². The zero-order valence-electron chi connectivity index (χ0n) is 97.3. The molecule has 0 amide bonds. The molecule has 1 nitrogen and oxygen atoms in total. The van der Waals surface area contributed by atoms with E-state index in [1.807, 2.05) is 192 Å². The summed E-state index contributed by atoms with van der Waals surface area (Å²) >= 11 is 0. The first-order valence-corrected chi connectivity index (χ1v) is 46.0. The maximum atomic E-state index is 3.32. The van der Waals surface area contributed by atoms with E-state index >= 15 is 0 Å². The second kappa shape index (κ2) is 166. The fourth-order valence-corrected chi connectivity index (χ4v) is 15.8. The van der Waals surface area contributed by atoms with Crippen LogP contribution in [0.3, 0.4) is 0 Å².